The van der Waals surface area contributed by atoms with Crippen molar-refractivity contribution in [2.24, 2.45) is 0 Å². The SMILES string of the molecule is CCCNc1nc(CSC(C)C)nc(C)c1F. The van der Waals surface area contributed by atoms with Gasteiger partial charge in [0.05, 0.1) is 11.4 Å². The second-order valence-electron chi connectivity index (χ2n) is 4.17. The highest BCUT2D eigenvalue weighted by Crippen LogP contribution is 2.19. The number of hydrogen-bond donors (Lipinski definition) is 1. The molecule has 0 aliphatic rings. The maximum Gasteiger partial charge on any atom is 0.186 e. The number of rotatable bonds is 6. The predicted molar refractivity (Wildman–Crippen MR) is 71.9 cm³/mol. The van der Waals surface area contributed by atoms with E-state index in [0.29, 0.717) is 22.6 Å². The largest absolute Gasteiger partial charge is 0.368 e. The van der Waals surface area contributed by atoms with Gasteiger partial charge in [0.1, 0.15) is 5.82 Å². The Labute approximate surface area is 107 Å². The lowest BCUT2D eigenvalue weighted by Gasteiger charge is -2.10. The molecule has 1 rings (SSSR count). The number of aromatic nitrogens is 2. The highest BCUT2D eigenvalue weighted by Gasteiger charge is 2.11. The third kappa shape index (κ3) is 4.50. The van der Waals surface area contributed by atoms with Crippen molar-refractivity contribution in [1.82, 2.24) is 9.97 Å². The Morgan fingerprint density at radius 2 is 2.06 bits per heavy atom. The van der Waals surface area contributed by atoms with Gasteiger partial charge in [0.2, 0.25) is 0 Å². The van der Waals surface area contributed by atoms with E-state index < -0.39 is 0 Å². The van der Waals surface area contributed by atoms with E-state index in [1.807, 2.05) is 6.92 Å². The van der Waals surface area contributed by atoms with Gasteiger partial charge in [0.15, 0.2) is 11.6 Å². The summed E-state index contributed by atoms with van der Waals surface area (Å²) in [6.45, 7) is 8.69. The number of thioether (sulfide) groups is 1. The van der Waals surface area contributed by atoms with Crippen LogP contribution in [0.3, 0.4) is 0 Å². The number of anilines is 1. The Morgan fingerprint density at radius 1 is 1.35 bits per heavy atom. The van der Waals surface area contributed by atoms with Gasteiger partial charge in [-0.05, 0) is 18.6 Å². The van der Waals surface area contributed by atoms with Gasteiger partial charge in [-0.2, -0.15) is 11.8 Å². The van der Waals surface area contributed by atoms with Gasteiger partial charge >= 0.3 is 0 Å². The summed E-state index contributed by atoms with van der Waals surface area (Å²) in [4.78, 5) is 8.39. The van der Waals surface area contributed by atoms with Crippen LogP contribution in [0.2, 0.25) is 0 Å². The van der Waals surface area contributed by atoms with Crippen molar-refractivity contribution >= 4 is 17.6 Å². The van der Waals surface area contributed by atoms with Crippen LogP contribution >= 0.6 is 11.8 Å². The van der Waals surface area contributed by atoms with Crippen LogP contribution in [-0.2, 0) is 5.75 Å². The van der Waals surface area contributed by atoms with E-state index in [2.05, 4.69) is 29.1 Å². The third-order valence-corrected chi connectivity index (χ3v) is 3.24. The fourth-order valence-electron chi connectivity index (χ4n) is 1.28. The number of nitrogens with one attached hydrogen (secondary N) is 1. The minimum Gasteiger partial charge on any atom is -0.368 e. The molecule has 0 aromatic carbocycles. The number of aryl methyl sites for hydroxylation is 1. The Morgan fingerprint density at radius 3 is 2.65 bits per heavy atom. The molecular weight excluding hydrogens is 237 g/mol. The lowest BCUT2D eigenvalue weighted by molar-refractivity contribution is 0.601. The monoisotopic (exact) mass is 257 g/mol. The molecule has 0 aliphatic heterocycles. The molecule has 0 radical (unpaired) electrons. The first-order chi connectivity index (χ1) is 8.04. The van der Waals surface area contributed by atoms with Gasteiger partial charge in [-0.1, -0.05) is 20.8 Å². The Hall–Kier alpha value is -0.840. The van der Waals surface area contributed by atoms with E-state index in [-0.39, 0.29) is 5.82 Å². The lowest BCUT2D eigenvalue weighted by Crippen LogP contribution is -2.09. The molecule has 0 amide bonds. The van der Waals surface area contributed by atoms with Crippen LogP contribution in [0.4, 0.5) is 10.2 Å². The minimum absolute atomic E-state index is 0.332. The first kappa shape index (κ1) is 14.2. The van der Waals surface area contributed by atoms with Crippen molar-refractivity contribution in [3.05, 3.63) is 17.3 Å². The molecule has 0 saturated carbocycles. The molecule has 96 valence electrons. The summed E-state index contributed by atoms with van der Waals surface area (Å²) in [5, 5.41) is 3.52. The van der Waals surface area contributed by atoms with Crippen LogP contribution in [0.25, 0.3) is 0 Å². The molecule has 0 unspecified atom stereocenters. The average Bonchev–Trinajstić information content (AvgIpc) is 2.28. The first-order valence-corrected chi connectivity index (χ1v) is 6.98. The standard InChI is InChI=1S/C12H20FN3S/c1-5-6-14-12-11(13)9(4)15-10(16-12)7-17-8(2)3/h8H,5-7H2,1-4H3,(H,14,15,16). The Kier molecular flexibility index (Phi) is 5.68. The fraction of sp³-hybridized carbons (Fsp3) is 0.667. The van der Waals surface area contributed by atoms with Gasteiger partial charge in [0, 0.05) is 6.54 Å². The average molecular weight is 257 g/mol. The van der Waals surface area contributed by atoms with Crippen LogP contribution in [0, 0.1) is 12.7 Å². The molecule has 0 saturated heterocycles. The fourth-order valence-corrected chi connectivity index (χ4v) is 1.89. The third-order valence-electron chi connectivity index (χ3n) is 2.15. The first-order valence-electron chi connectivity index (χ1n) is 5.93. The maximum absolute atomic E-state index is 13.7. The van der Waals surface area contributed by atoms with Crippen molar-refractivity contribution in [3.8, 4) is 0 Å². The van der Waals surface area contributed by atoms with Gasteiger partial charge in [-0.3, -0.25) is 0 Å². The summed E-state index contributed by atoms with van der Waals surface area (Å²) < 4.78 is 13.7. The second-order valence-corrected chi connectivity index (χ2v) is 5.74. The highest BCUT2D eigenvalue weighted by atomic mass is 32.2. The Bertz CT molecular complexity index is 369. The summed E-state index contributed by atoms with van der Waals surface area (Å²) in [5.74, 6) is 1.41. The van der Waals surface area contributed by atoms with E-state index >= 15 is 0 Å². The quantitative estimate of drug-likeness (QED) is 0.847. The molecule has 1 aromatic heterocycles. The van der Waals surface area contributed by atoms with E-state index in [4.69, 9.17) is 0 Å². The highest BCUT2D eigenvalue weighted by molar-refractivity contribution is 7.99. The summed E-state index contributed by atoms with van der Waals surface area (Å²) in [6.07, 6.45) is 0.943. The van der Waals surface area contributed by atoms with Crippen molar-refractivity contribution in [1.29, 1.82) is 0 Å². The molecule has 0 bridgehead atoms. The van der Waals surface area contributed by atoms with Crippen LogP contribution in [0.5, 0.6) is 0 Å². The summed E-state index contributed by atoms with van der Waals surface area (Å²) in [5.41, 5.74) is 0.415. The number of halogens is 1. The molecule has 0 fully saturated rings. The molecule has 0 spiro atoms. The van der Waals surface area contributed by atoms with Crippen LogP contribution in [0.15, 0.2) is 0 Å². The van der Waals surface area contributed by atoms with Gasteiger partial charge < -0.3 is 5.32 Å². The summed E-state index contributed by atoms with van der Waals surface area (Å²) in [6, 6.07) is 0. The molecule has 0 atom stereocenters. The van der Waals surface area contributed by atoms with Gasteiger partial charge in [-0.25, -0.2) is 14.4 Å². The van der Waals surface area contributed by atoms with E-state index in [1.165, 1.54) is 0 Å². The van der Waals surface area contributed by atoms with Crippen molar-refractivity contribution in [2.75, 3.05) is 11.9 Å². The molecule has 0 aliphatic carbocycles. The molecular formula is C12H20FN3S. The smallest absolute Gasteiger partial charge is 0.186 e. The van der Waals surface area contributed by atoms with Crippen molar-refractivity contribution in [3.63, 3.8) is 0 Å². The zero-order valence-corrected chi connectivity index (χ0v) is 11.7. The normalized spacial score (nSPS) is 10.9. The topological polar surface area (TPSA) is 37.8 Å². The molecule has 1 N–H and O–H groups in total. The zero-order chi connectivity index (χ0) is 12.8. The van der Waals surface area contributed by atoms with Crippen LogP contribution < -0.4 is 5.32 Å². The van der Waals surface area contributed by atoms with E-state index in [9.17, 15) is 4.39 Å². The maximum atomic E-state index is 13.7. The summed E-state index contributed by atoms with van der Waals surface area (Å²) >= 11 is 1.76. The molecule has 1 heterocycles. The molecule has 17 heavy (non-hydrogen) atoms. The van der Waals surface area contributed by atoms with Crippen molar-refractivity contribution < 1.29 is 4.39 Å². The molecule has 5 heteroatoms. The number of nitrogens with zero attached hydrogens (tertiary/aromatic N) is 2. The van der Waals surface area contributed by atoms with E-state index in [0.717, 1.165) is 18.7 Å². The van der Waals surface area contributed by atoms with Crippen molar-refractivity contribution in [2.45, 2.75) is 45.1 Å². The van der Waals surface area contributed by atoms with Crippen LogP contribution in [-0.4, -0.2) is 21.8 Å². The lowest BCUT2D eigenvalue weighted by atomic mass is 10.3. The van der Waals surface area contributed by atoms with Gasteiger partial charge in [0.25, 0.3) is 0 Å². The second kappa shape index (κ2) is 6.79. The Balaban J connectivity index is 2.81. The molecule has 3 nitrogen and oxygen atoms in total. The minimum atomic E-state index is -0.336. The predicted octanol–water partition coefficient (Wildman–Crippen LogP) is 3.39. The van der Waals surface area contributed by atoms with Gasteiger partial charge in [-0.15, -0.1) is 0 Å². The zero-order valence-electron chi connectivity index (χ0n) is 10.9. The molecule has 1 aromatic rings. The van der Waals surface area contributed by atoms with Crippen LogP contribution in [0.1, 0.15) is 38.7 Å². The van der Waals surface area contributed by atoms with E-state index in [1.54, 1.807) is 18.7 Å². The summed E-state index contributed by atoms with van der Waals surface area (Å²) in [7, 11) is 0. The number of hydrogen-bond acceptors (Lipinski definition) is 4.